The third-order valence-corrected chi connectivity index (χ3v) is 5.91. The highest BCUT2D eigenvalue weighted by Gasteiger charge is 2.33. The number of carbonyl (C=O) groups is 4. The van der Waals surface area contributed by atoms with Crippen molar-refractivity contribution in [1.82, 2.24) is 16.0 Å². The quantitative estimate of drug-likeness (QED) is 0.0617. The Labute approximate surface area is 213 Å². The normalized spacial score (nSPS) is 15.2. The molecule has 0 aromatic carbocycles. The molecule has 0 rings (SSSR count). The van der Waals surface area contributed by atoms with Gasteiger partial charge < -0.3 is 44.0 Å². The lowest BCUT2D eigenvalue weighted by Crippen LogP contribution is -2.59. The lowest BCUT2D eigenvalue weighted by molar-refractivity contribution is -0.143. The monoisotopic (exact) mass is 514 g/mol. The summed E-state index contributed by atoms with van der Waals surface area (Å²) in [5, 5.41) is 17.4. The number of nitrogens with zero attached hydrogens (tertiary/aromatic N) is 1. The van der Waals surface area contributed by atoms with Crippen LogP contribution in [-0.4, -0.2) is 72.0 Å². The molecule has 3 amide bonds. The Balaban J connectivity index is 5.33. The number of amides is 3. The minimum atomic E-state index is -1.16. The van der Waals surface area contributed by atoms with E-state index in [9.17, 15) is 24.3 Å². The standard InChI is InChI=1S/C23H46N8O5/c1-5-14(4)18(31-19(32)15(25)9-8-12-28-23(26)27)21(34)30-17(13(2)3)20(33)29-16(22(35)36)10-6-7-11-24/h13-18H,5-12,24-25H2,1-4H3,(H,29,33)(H,30,34)(H,31,32)(H,35,36)(H4,26,27,28). The molecule has 13 nitrogen and oxygen atoms in total. The summed E-state index contributed by atoms with van der Waals surface area (Å²) in [5.74, 6) is -3.45. The van der Waals surface area contributed by atoms with Gasteiger partial charge in [-0.25, -0.2) is 4.79 Å². The smallest absolute Gasteiger partial charge is 0.326 e. The SMILES string of the molecule is CCC(C)C(NC(=O)C(N)CCCN=C(N)N)C(=O)NC(C(=O)NC(CCCCN)C(=O)O)C(C)C. The summed E-state index contributed by atoms with van der Waals surface area (Å²) in [6, 6.07) is -3.89. The molecule has 0 aliphatic rings. The Kier molecular flexibility index (Phi) is 16.1. The Morgan fingerprint density at radius 3 is 1.94 bits per heavy atom. The van der Waals surface area contributed by atoms with Gasteiger partial charge in [0.2, 0.25) is 17.7 Å². The van der Waals surface area contributed by atoms with Gasteiger partial charge in [0.05, 0.1) is 6.04 Å². The second-order valence-corrected chi connectivity index (χ2v) is 9.34. The van der Waals surface area contributed by atoms with Crippen molar-refractivity contribution in [1.29, 1.82) is 0 Å². The molecule has 0 saturated carbocycles. The summed E-state index contributed by atoms with van der Waals surface area (Å²) >= 11 is 0. The van der Waals surface area contributed by atoms with E-state index in [4.69, 9.17) is 22.9 Å². The average molecular weight is 515 g/mol. The van der Waals surface area contributed by atoms with Crippen LogP contribution in [0.3, 0.4) is 0 Å². The number of nitrogens with two attached hydrogens (primary N) is 4. The summed E-state index contributed by atoms with van der Waals surface area (Å²) in [5.41, 5.74) is 22.0. The van der Waals surface area contributed by atoms with Crippen LogP contribution in [0, 0.1) is 11.8 Å². The van der Waals surface area contributed by atoms with Crippen LogP contribution in [-0.2, 0) is 19.2 Å². The lowest BCUT2D eigenvalue weighted by atomic mass is 9.95. The van der Waals surface area contributed by atoms with E-state index in [1.165, 1.54) is 0 Å². The van der Waals surface area contributed by atoms with E-state index in [1.807, 2.05) is 6.92 Å². The summed E-state index contributed by atoms with van der Waals surface area (Å²) in [6.07, 6.45) is 2.79. The number of aliphatic carboxylic acids is 1. The number of hydrogen-bond acceptors (Lipinski definition) is 7. The molecular formula is C23H46N8O5. The van der Waals surface area contributed by atoms with Gasteiger partial charge >= 0.3 is 5.97 Å². The van der Waals surface area contributed by atoms with Gasteiger partial charge in [-0.2, -0.15) is 0 Å². The number of carbonyl (C=O) groups excluding carboxylic acids is 3. The molecule has 36 heavy (non-hydrogen) atoms. The number of carboxylic acid groups (broad SMARTS) is 1. The Morgan fingerprint density at radius 1 is 0.861 bits per heavy atom. The van der Waals surface area contributed by atoms with E-state index in [1.54, 1.807) is 20.8 Å². The van der Waals surface area contributed by atoms with Crippen LogP contribution in [0.4, 0.5) is 0 Å². The van der Waals surface area contributed by atoms with E-state index in [0.29, 0.717) is 45.2 Å². The zero-order valence-corrected chi connectivity index (χ0v) is 22.0. The molecule has 0 heterocycles. The minimum Gasteiger partial charge on any atom is -0.480 e. The fourth-order valence-corrected chi connectivity index (χ4v) is 3.40. The summed E-state index contributed by atoms with van der Waals surface area (Å²) < 4.78 is 0. The van der Waals surface area contributed by atoms with E-state index >= 15 is 0 Å². The maximum absolute atomic E-state index is 13.2. The van der Waals surface area contributed by atoms with Gasteiger partial charge in [0.25, 0.3) is 0 Å². The predicted octanol–water partition coefficient (Wildman–Crippen LogP) is -1.26. The summed E-state index contributed by atoms with van der Waals surface area (Å²) in [7, 11) is 0. The van der Waals surface area contributed by atoms with E-state index in [-0.39, 0.29) is 24.2 Å². The molecule has 0 radical (unpaired) electrons. The van der Waals surface area contributed by atoms with Gasteiger partial charge in [-0.3, -0.25) is 19.4 Å². The van der Waals surface area contributed by atoms with Crippen LogP contribution < -0.4 is 38.9 Å². The molecule has 13 heteroatoms. The van der Waals surface area contributed by atoms with Gasteiger partial charge in [-0.05, 0) is 50.5 Å². The number of unbranched alkanes of at least 4 members (excludes halogenated alkanes) is 1. The van der Waals surface area contributed by atoms with Crippen LogP contribution >= 0.6 is 0 Å². The molecular weight excluding hydrogens is 468 g/mol. The number of rotatable bonds is 18. The van der Waals surface area contributed by atoms with Crippen LogP contribution in [0.5, 0.6) is 0 Å². The maximum Gasteiger partial charge on any atom is 0.326 e. The number of carboxylic acids is 1. The van der Waals surface area contributed by atoms with Crippen molar-refractivity contribution in [3.05, 3.63) is 0 Å². The van der Waals surface area contributed by atoms with E-state index < -0.39 is 47.9 Å². The third-order valence-electron chi connectivity index (χ3n) is 5.91. The molecule has 208 valence electrons. The van der Waals surface area contributed by atoms with Crippen molar-refractivity contribution in [2.24, 2.45) is 39.8 Å². The summed E-state index contributed by atoms with van der Waals surface area (Å²) in [6.45, 7) is 7.89. The second kappa shape index (κ2) is 17.5. The fourth-order valence-electron chi connectivity index (χ4n) is 3.40. The number of hydrogen-bond donors (Lipinski definition) is 8. The molecule has 0 saturated heterocycles. The largest absolute Gasteiger partial charge is 0.480 e. The summed E-state index contributed by atoms with van der Waals surface area (Å²) in [4.78, 5) is 54.1. The molecule has 0 aliphatic heterocycles. The van der Waals surface area contributed by atoms with Gasteiger partial charge in [0.15, 0.2) is 5.96 Å². The zero-order chi connectivity index (χ0) is 27.8. The van der Waals surface area contributed by atoms with Crippen LogP contribution in [0.1, 0.15) is 66.2 Å². The first-order valence-electron chi connectivity index (χ1n) is 12.5. The van der Waals surface area contributed by atoms with Crippen molar-refractivity contribution in [2.45, 2.75) is 90.4 Å². The van der Waals surface area contributed by atoms with Gasteiger partial charge in [-0.1, -0.05) is 34.1 Å². The van der Waals surface area contributed by atoms with Crippen LogP contribution in [0.15, 0.2) is 4.99 Å². The molecule has 0 bridgehead atoms. The minimum absolute atomic E-state index is 0.0458. The Morgan fingerprint density at radius 2 is 1.44 bits per heavy atom. The van der Waals surface area contributed by atoms with E-state index in [2.05, 4.69) is 20.9 Å². The molecule has 0 aromatic heterocycles. The molecule has 5 atom stereocenters. The highest BCUT2D eigenvalue weighted by molar-refractivity contribution is 5.94. The highest BCUT2D eigenvalue weighted by atomic mass is 16.4. The second-order valence-electron chi connectivity index (χ2n) is 9.34. The third kappa shape index (κ3) is 12.7. The highest BCUT2D eigenvalue weighted by Crippen LogP contribution is 2.12. The van der Waals surface area contributed by atoms with Gasteiger partial charge in [0.1, 0.15) is 18.1 Å². The first-order valence-corrected chi connectivity index (χ1v) is 12.5. The molecule has 0 fully saturated rings. The molecule has 0 aliphatic carbocycles. The fraction of sp³-hybridized carbons (Fsp3) is 0.783. The predicted molar refractivity (Wildman–Crippen MR) is 139 cm³/mol. The molecule has 5 unspecified atom stereocenters. The first-order chi connectivity index (χ1) is 16.8. The first kappa shape index (κ1) is 33.1. The van der Waals surface area contributed by atoms with Gasteiger partial charge in [-0.15, -0.1) is 0 Å². The van der Waals surface area contributed by atoms with Crippen molar-refractivity contribution in [2.75, 3.05) is 13.1 Å². The van der Waals surface area contributed by atoms with Crippen molar-refractivity contribution in [3.63, 3.8) is 0 Å². The number of guanidine groups is 1. The van der Waals surface area contributed by atoms with Crippen LogP contribution in [0.25, 0.3) is 0 Å². The number of aliphatic imine (C=N–C) groups is 1. The maximum atomic E-state index is 13.2. The molecule has 0 spiro atoms. The number of nitrogens with one attached hydrogen (secondary N) is 3. The molecule has 12 N–H and O–H groups in total. The van der Waals surface area contributed by atoms with E-state index in [0.717, 1.165) is 0 Å². The van der Waals surface area contributed by atoms with Crippen molar-refractivity contribution in [3.8, 4) is 0 Å². The topological polar surface area (TPSA) is 241 Å². The van der Waals surface area contributed by atoms with Crippen molar-refractivity contribution >= 4 is 29.7 Å². The van der Waals surface area contributed by atoms with Crippen LogP contribution in [0.2, 0.25) is 0 Å². The molecule has 0 aromatic rings. The Hall–Kier alpha value is -2.93. The lowest BCUT2D eigenvalue weighted by Gasteiger charge is -2.29. The Bertz CT molecular complexity index is 742. The average Bonchev–Trinajstić information content (AvgIpc) is 2.81. The zero-order valence-electron chi connectivity index (χ0n) is 22.0. The van der Waals surface area contributed by atoms with Gasteiger partial charge in [0, 0.05) is 6.54 Å². The van der Waals surface area contributed by atoms with Crippen molar-refractivity contribution < 1.29 is 24.3 Å².